The number of benzene rings is 3. The Bertz CT molecular complexity index is 1120. The third-order valence-corrected chi connectivity index (χ3v) is 4.82. The third kappa shape index (κ3) is 2.44. The number of hydrogen-bond donors (Lipinski definition) is 0. The van der Waals surface area contributed by atoms with Crippen LogP contribution in [-0.2, 0) is 0 Å². The molecule has 5 rings (SSSR count). The second kappa shape index (κ2) is 6.08. The van der Waals surface area contributed by atoms with E-state index in [1.54, 1.807) is 0 Å². The lowest BCUT2D eigenvalue weighted by molar-refractivity contribution is 1.33. The van der Waals surface area contributed by atoms with Gasteiger partial charge in [0.25, 0.3) is 0 Å². The summed E-state index contributed by atoms with van der Waals surface area (Å²) >= 11 is 0. The van der Waals surface area contributed by atoms with Gasteiger partial charge in [-0.3, -0.25) is 9.97 Å². The molecule has 3 aromatic carbocycles. The Kier molecular flexibility index (Phi) is 3.46. The second-order valence-electron chi connectivity index (χ2n) is 6.39. The Morgan fingerprint density at radius 3 is 1.50 bits per heavy atom. The van der Waals surface area contributed by atoms with Crippen molar-refractivity contribution in [3.63, 3.8) is 0 Å². The van der Waals surface area contributed by atoms with Gasteiger partial charge in [-0.2, -0.15) is 0 Å². The number of aromatic nitrogens is 2. The minimum Gasteiger partial charge on any atom is -0.264 e. The first-order valence-electron chi connectivity index (χ1n) is 8.66. The average molecular weight is 332 g/mol. The maximum atomic E-state index is 4.29. The van der Waals surface area contributed by atoms with Gasteiger partial charge in [-0.15, -0.1) is 0 Å². The third-order valence-electron chi connectivity index (χ3n) is 4.82. The average Bonchev–Trinajstić information content (AvgIpc) is 2.72. The lowest BCUT2D eigenvalue weighted by atomic mass is 9.93. The van der Waals surface area contributed by atoms with Gasteiger partial charge in [0.15, 0.2) is 0 Å². The minimum atomic E-state index is 1.14. The standard InChI is InChI=1S/C24H16N2/c1-5-17-13-18-6-2-10-22(20-8-4-12-26-16-20)24(18)14-23(17)21(9-1)19-7-3-11-25-15-19/h1-16H. The monoisotopic (exact) mass is 332 g/mol. The summed E-state index contributed by atoms with van der Waals surface area (Å²) < 4.78 is 0. The highest BCUT2D eigenvalue weighted by Gasteiger charge is 2.09. The molecule has 0 radical (unpaired) electrons. The topological polar surface area (TPSA) is 25.8 Å². The van der Waals surface area contributed by atoms with Crippen LogP contribution in [-0.4, -0.2) is 9.97 Å². The van der Waals surface area contributed by atoms with Crippen molar-refractivity contribution in [2.45, 2.75) is 0 Å². The summed E-state index contributed by atoms with van der Waals surface area (Å²) in [4.78, 5) is 8.57. The number of rotatable bonds is 2. The van der Waals surface area contributed by atoms with Crippen molar-refractivity contribution >= 4 is 21.5 Å². The van der Waals surface area contributed by atoms with Crippen molar-refractivity contribution in [3.8, 4) is 22.3 Å². The number of nitrogens with zero attached hydrogens (tertiary/aromatic N) is 2. The molecule has 122 valence electrons. The Labute approximate surface area is 151 Å². The summed E-state index contributed by atoms with van der Waals surface area (Å²) in [6.45, 7) is 0. The zero-order valence-electron chi connectivity index (χ0n) is 14.1. The first kappa shape index (κ1) is 14.8. The normalized spacial score (nSPS) is 11.1. The van der Waals surface area contributed by atoms with Crippen LogP contribution in [0.4, 0.5) is 0 Å². The highest BCUT2D eigenvalue weighted by Crippen LogP contribution is 2.35. The lowest BCUT2D eigenvalue weighted by Gasteiger charge is -2.11. The fourth-order valence-electron chi connectivity index (χ4n) is 3.60. The van der Waals surface area contributed by atoms with Gasteiger partial charge < -0.3 is 0 Å². The van der Waals surface area contributed by atoms with E-state index in [0.717, 1.165) is 11.1 Å². The van der Waals surface area contributed by atoms with Crippen LogP contribution in [0.2, 0.25) is 0 Å². The molecule has 0 unspecified atom stereocenters. The zero-order valence-corrected chi connectivity index (χ0v) is 14.1. The van der Waals surface area contributed by atoms with Gasteiger partial charge in [-0.1, -0.05) is 48.5 Å². The first-order valence-corrected chi connectivity index (χ1v) is 8.66. The highest BCUT2D eigenvalue weighted by atomic mass is 14.6. The largest absolute Gasteiger partial charge is 0.264 e. The highest BCUT2D eigenvalue weighted by molar-refractivity contribution is 6.08. The van der Waals surface area contributed by atoms with Gasteiger partial charge in [0.05, 0.1) is 0 Å². The molecule has 26 heavy (non-hydrogen) atoms. The van der Waals surface area contributed by atoms with Crippen LogP contribution in [0.1, 0.15) is 0 Å². The minimum absolute atomic E-state index is 1.14. The summed E-state index contributed by atoms with van der Waals surface area (Å²) in [5, 5.41) is 4.96. The lowest BCUT2D eigenvalue weighted by Crippen LogP contribution is -1.86. The number of pyridine rings is 2. The van der Waals surface area contributed by atoms with E-state index in [-0.39, 0.29) is 0 Å². The van der Waals surface area contributed by atoms with Gasteiger partial charge >= 0.3 is 0 Å². The molecule has 2 heteroatoms. The second-order valence-corrected chi connectivity index (χ2v) is 6.39. The zero-order chi connectivity index (χ0) is 17.3. The van der Waals surface area contributed by atoms with Gasteiger partial charge in [0.2, 0.25) is 0 Å². The summed E-state index contributed by atoms with van der Waals surface area (Å²) in [5.74, 6) is 0. The molecule has 0 amide bonds. The summed E-state index contributed by atoms with van der Waals surface area (Å²) in [6, 6.07) is 25.7. The molecule has 0 bridgehead atoms. The molecular weight excluding hydrogens is 316 g/mol. The van der Waals surface area contributed by atoms with E-state index in [0.29, 0.717) is 0 Å². The molecule has 5 aromatic rings. The van der Waals surface area contributed by atoms with Crippen LogP contribution < -0.4 is 0 Å². The summed E-state index contributed by atoms with van der Waals surface area (Å²) in [7, 11) is 0. The molecular formula is C24H16N2. The number of hydrogen-bond acceptors (Lipinski definition) is 2. The molecule has 0 N–H and O–H groups in total. The van der Waals surface area contributed by atoms with Crippen molar-refractivity contribution in [2.24, 2.45) is 0 Å². The number of fused-ring (bicyclic) bond motifs is 2. The maximum Gasteiger partial charge on any atom is 0.0346 e. The van der Waals surface area contributed by atoms with E-state index in [1.165, 1.54) is 32.7 Å². The van der Waals surface area contributed by atoms with E-state index in [1.807, 2.05) is 36.9 Å². The van der Waals surface area contributed by atoms with E-state index in [4.69, 9.17) is 0 Å². The molecule has 0 saturated heterocycles. The Hall–Kier alpha value is -3.52. The predicted molar refractivity (Wildman–Crippen MR) is 108 cm³/mol. The molecule has 2 heterocycles. The van der Waals surface area contributed by atoms with Crippen molar-refractivity contribution in [3.05, 3.63) is 97.6 Å². The summed E-state index contributed by atoms with van der Waals surface area (Å²) in [6.07, 6.45) is 7.47. The van der Waals surface area contributed by atoms with Crippen molar-refractivity contribution in [1.29, 1.82) is 0 Å². The predicted octanol–water partition coefficient (Wildman–Crippen LogP) is 6.12. The van der Waals surface area contributed by atoms with Crippen LogP contribution in [0.3, 0.4) is 0 Å². The quantitative estimate of drug-likeness (QED) is 0.364. The first-order chi connectivity index (χ1) is 12.9. The molecule has 0 aliphatic rings. The van der Waals surface area contributed by atoms with Gasteiger partial charge in [-0.05, 0) is 56.9 Å². The fraction of sp³-hybridized carbons (Fsp3) is 0. The van der Waals surface area contributed by atoms with Crippen LogP contribution in [0.25, 0.3) is 43.8 Å². The van der Waals surface area contributed by atoms with Gasteiger partial charge in [0.1, 0.15) is 0 Å². The van der Waals surface area contributed by atoms with E-state index in [9.17, 15) is 0 Å². The SMILES string of the molecule is c1cncc(-c2cccc3cc4cccc(-c5cccnc5)c4cc23)c1. The molecule has 2 nitrogen and oxygen atoms in total. The maximum absolute atomic E-state index is 4.29. The van der Waals surface area contributed by atoms with Crippen LogP contribution in [0.5, 0.6) is 0 Å². The molecule has 2 aromatic heterocycles. The van der Waals surface area contributed by atoms with Gasteiger partial charge in [0, 0.05) is 35.9 Å². The van der Waals surface area contributed by atoms with E-state index in [2.05, 4.69) is 70.6 Å². The van der Waals surface area contributed by atoms with Crippen LogP contribution >= 0.6 is 0 Å². The van der Waals surface area contributed by atoms with Crippen LogP contribution in [0.15, 0.2) is 97.6 Å². The Morgan fingerprint density at radius 1 is 0.500 bits per heavy atom. The Morgan fingerprint density at radius 2 is 1.04 bits per heavy atom. The van der Waals surface area contributed by atoms with E-state index >= 15 is 0 Å². The van der Waals surface area contributed by atoms with Gasteiger partial charge in [-0.25, -0.2) is 0 Å². The summed E-state index contributed by atoms with van der Waals surface area (Å²) in [5.41, 5.74) is 4.68. The van der Waals surface area contributed by atoms with Crippen molar-refractivity contribution in [1.82, 2.24) is 9.97 Å². The smallest absolute Gasteiger partial charge is 0.0346 e. The van der Waals surface area contributed by atoms with Crippen LogP contribution in [0, 0.1) is 0 Å². The van der Waals surface area contributed by atoms with Crippen molar-refractivity contribution < 1.29 is 0 Å². The molecule has 0 atom stereocenters. The Balaban J connectivity index is 1.85. The molecule has 0 spiro atoms. The molecule has 0 aliphatic heterocycles. The fourth-order valence-corrected chi connectivity index (χ4v) is 3.60. The van der Waals surface area contributed by atoms with E-state index < -0.39 is 0 Å². The molecule has 0 saturated carbocycles. The molecule has 0 fully saturated rings. The molecule has 0 aliphatic carbocycles. The van der Waals surface area contributed by atoms with Crippen molar-refractivity contribution in [2.75, 3.05) is 0 Å².